The van der Waals surface area contributed by atoms with Gasteiger partial charge in [0.15, 0.2) is 0 Å². The molecule has 1 amide bonds. The topological polar surface area (TPSA) is 41.1 Å². The molecule has 3 heteroatoms. The largest absolute Gasteiger partial charge is 0.372 e. The molecule has 0 bridgehead atoms. The van der Waals surface area contributed by atoms with Crippen LogP contribution in [0.4, 0.5) is 0 Å². The lowest BCUT2D eigenvalue weighted by Gasteiger charge is -2.15. The van der Waals surface area contributed by atoms with E-state index in [1.54, 1.807) is 0 Å². The number of nitrogens with one attached hydrogen (secondary N) is 2. The maximum Gasteiger partial charge on any atom is 0.225 e. The third kappa shape index (κ3) is 2.62. The Hall–Kier alpha value is -0.990. The standard InChI is InChI=1S/C8H14N2O/c1-2-8(11)10-7-5-3-4-6-9-7/h5,9H,2-4,6H2,1H3,(H,10,11). The van der Waals surface area contributed by atoms with Gasteiger partial charge in [-0.3, -0.25) is 4.79 Å². The summed E-state index contributed by atoms with van der Waals surface area (Å²) in [5.41, 5.74) is 0. The van der Waals surface area contributed by atoms with Crippen molar-refractivity contribution in [2.24, 2.45) is 0 Å². The van der Waals surface area contributed by atoms with Gasteiger partial charge in [-0.2, -0.15) is 0 Å². The minimum atomic E-state index is 0.0747. The fraction of sp³-hybridized carbons (Fsp3) is 0.625. The first-order chi connectivity index (χ1) is 5.33. The summed E-state index contributed by atoms with van der Waals surface area (Å²) in [6.45, 7) is 2.81. The second kappa shape index (κ2) is 4.01. The van der Waals surface area contributed by atoms with E-state index in [0.29, 0.717) is 6.42 Å². The van der Waals surface area contributed by atoms with Gasteiger partial charge < -0.3 is 10.6 Å². The predicted molar refractivity (Wildman–Crippen MR) is 43.8 cm³/mol. The Morgan fingerprint density at radius 2 is 2.64 bits per heavy atom. The Balaban J connectivity index is 2.35. The van der Waals surface area contributed by atoms with Crippen molar-refractivity contribution in [1.29, 1.82) is 0 Å². The normalized spacial score (nSPS) is 16.6. The fourth-order valence-corrected chi connectivity index (χ4v) is 0.978. The van der Waals surface area contributed by atoms with E-state index < -0.39 is 0 Å². The van der Waals surface area contributed by atoms with Crippen LogP contribution in [0.15, 0.2) is 11.9 Å². The first-order valence-electron chi connectivity index (χ1n) is 4.07. The average Bonchev–Trinajstić information content (AvgIpc) is 2.06. The molecule has 62 valence electrons. The molecular weight excluding hydrogens is 140 g/mol. The van der Waals surface area contributed by atoms with Crippen molar-refractivity contribution < 1.29 is 4.79 Å². The van der Waals surface area contributed by atoms with Gasteiger partial charge in [-0.1, -0.05) is 6.92 Å². The lowest BCUT2D eigenvalue weighted by atomic mass is 10.2. The third-order valence-electron chi connectivity index (χ3n) is 1.64. The maximum atomic E-state index is 10.9. The zero-order valence-corrected chi connectivity index (χ0v) is 6.81. The van der Waals surface area contributed by atoms with Crippen molar-refractivity contribution in [2.45, 2.75) is 26.2 Å². The lowest BCUT2D eigenvalue weighted by molar-refractivity contribution is -0.120. The Morgan fingerprint density at radius 1 is 1.82 bits per heavy atom. The van der Waals surface area contributed by atoms with Crippen molar-refractivity contribution in [1.82, 2.24) is 10.6 Å². The Kier molecular flexibility index (Phi) is 2.95. The van der Waals surface area contributed by atoms with Gasteiger partial charge in [0.25, 0.3) is 0 Å². The first-order valence-corrected chi connectivity index (χ1v) is 4.07. The minimum absolute atomic E-state index is 0.0747. The zero-order chi connectivity index (χ0) is 8.10. The van der Waals surface area contributed by atoms with Crippen LogP contribution in [0.5, 0.6) is 0 Å². The van der Waals surface area contributed by atoms with Crippen molar-refractivity contribution >= 4 is 5.91 Å². The van der Waals surface area contributed by atoms with Crippen molar-refractivity contribution in [3.8, 4) is 0 Å². The van der Waals surface area contributed by atoms with Crippen LogP contribution in [-0.4, -0.2) is 12.5 Å². The van der Waals surface area contributed by atoms with Gasteiger partial charge in [0.1, 0.15) is 5.82 Å². The third-order valence-corrected chi connectivity index (χ3v) is 1.64. The molecule has 0 saturated heterocycles. The SMILES string of the molecule is CCC(=O)NC1=CCCCN1. The van der Waals surface area contributed by atoms with Gasteiger partial charge in [0, 0.05) is 13.0 Å². The number of amides is 1. The molecule has 11 heavy (non-hydrogen) atoms. The highest BCUT2D eigenvalue weighted by Crippen LogP contribution is 1.99. The molecule has 3 nitrogen and oxygen atoms in total. The molecule has 2 N–H and O–H groups in total. The fourth-order valence-electron chi connectivity index (χ4n) is 0.978. The van der Waals surface area contributed by atoms with Gasteiger partial charge in [-0.25, -0.2) is 0 Å². The molecule has 0 unspecified atom stereocenters. The van der Waals surface area contributed by atoms with E-state index in [1.807, 2.05) is 13.0 Å². The molecule has 0 spiro atoms. The van der Waals surface area contributed by atoms with Crippen LogP contribution in [0.1, 0.15) is 26.2 Å². The Labute approximate surface area is 66.9 Å². The number of hydrogen-bond donors (Lipinski definition) is 2. The first kappa shape index (κ1) is 8.11. The van der Waals surface area contributed by atoms with Gasteiger partial charge in [-0.15, -0.1) is 0 Å². The zero-order valence-electron chi connectivity index (χ0n) is 6.81. The second-order valence-electron chi connectivity index (χ2n) is 2.59. The summed E-state index contributed by atoms with van der Waals surface area (Å²) in [6.07, 6.45) is 4.79. The van der Waals surface area contributed by atoms with Crippen LogP contribution in [0, 0.1) is 0 Å². The summed E-state index contributed by atoms with van der Waals surface area (Å²) >= 11 is 0. The van der Waals surface area contributed by atoms with Crippen LogP contribution in [0.3, 0.4) is 0 Å². The summed E-state index contributed by atoms with van der Waals surface area (Å²) in [7, 11) is 0. The predicted octanol–water partition coefficient (Wildman–Crippen LogP) is 0.737. The highest BCUT2D eigenvalue weighted by molar-refractivity contribution is 5.77. The molecule has 0 saturated carbocycles. The summed E-state index contributed by atoms with van der Waals surface area (Å²) in [5.74, 6) is 0.953. The number of carbonyl (C=O) groups excluding carboxylic acids is 1. The molecule has 0 radical (unpaired) electrons. The lowest BCUT2D eigenvalue weighted by Crippen LogP contribution is -2.33. The highest BCUT2D eigenvalue weighted by atomic mass is 16.1. The average molecular weight is 154 g/mol. The van der Waals surface area contributed by atoms with Crippen LogP contribution in [0.25, 0.3) is 0 Å². The van der Waals surface area contributed by atoms with E-state index in [0.717, 1.165) is 25.2 Å². The van der Waals surface area contributed by atoms with Crippen molar-refractivity contribution in [3.05, 3.63) is 11.9 Å². The second-order valence-corrected chi connectivity index (χ2v) is 2.59. The number of allylic oxidation sites excluding steroid dienone is 1. The minimum Gasteiger partial charge on any atom is -0.372 e. The van der Waals surface area contributed by atoms with Crippen LogP contribution in [-0.2, 0) is 4.79 Å². The molecule has 0 aliphatic carbocycles. The van der Waals surface area contributed by atoms with Gasteiger partial charge in [0.05, 0.1) is 0 Å². The van der Waals surface area contributed by atoms with E-state index in [2.05, 4.69) is 10.6 Å². The van der Waals surface area contributed by atoms with Crippen LogP contribution >= 0.6 is 0 Å². The van der Waals surface area contributed by atoms with Crippen molar-refractivity contribution in [3.63, 3.8) is 0 Å². The summed E-state index contributed by atoms with van der Waals surface area (Å²) < 4.78 is 0. The van der Waals surface area contributed by atoms with Crippen LogP contribution in [0.2, 0.25) is 0 Å². The maximum absolute atomic E-state index is 10.9. The summed E-state index contributed by atoms with van der Waals surface area (Å²) in [5, 5.41) is 5.89. The molecule has 1 aliphatic rings. The number of rotatable bonds is 2. The van der Waals surface area contributed by atoms with E-state index in [4.69, 9.17) is 0 Å². The molecule has 1 aliphatic heterocycles. The molecule has 1 heterocycles. The molecular formula is C8H14N2O. The Bertz CT molecular complexity index is 175. The van der Waals surface area contributed by atoms with Crippen molar-refractivity contribution in [2.75, 3.05) is 6.54 Å². The molecule has 1 rings (SSSR count). The monoisotopic (exact) mass is 154 g/mol. The van der Waals surface area contributed by atoms with Gasteiger partial charge in [-0.05, 0) is 18.9 Å². The van der Waals surface area contributed by atoms with Gasteiger partial charge in [0.2, 0.25) is 5.91 Å². The van der Waals surface area contributed by atoms with E-state index in [-0.39, 0.29) is 5.91 Å². The number of hydrogen-bond acceptors (Lipinski definition) is 2. The summed E-state index contributed by atoms with van der Waals surface area (Å²) in [4.78, 5) is 10.9. The highest BCUT2D eigenvalue weighted by Gasteiger charge is 2.03. The molecule has 0 aromatic rings. The molecule has 0 aromatic heterocycles. The smallest absolute Gasteiger partial charge is 0.225 e. The van der Waals surface area contributed by atoms with Gasteiger partial charge >= 0.3 is 0 Å². The van der Waals surface area contributed by atoms with E-state index in [1.165, 1.54) is 0 Å². The van der Waals surface area contributed by atoms with E-state index in [9.17, 15) is 4.79 Å². The number of carbonyl (C=O) groups is 1. The van der Waals surface area contributed by atoms with E-state index >= 15 is 0 Å². The van der Waals surface area contributed by atoms with Crippen LogP contribution < -0.4 is 10.6 Å². The molecule has 0 fully saturated rings. The summed E-state index contributed by atoms with van der Waals surface area (Å²) in [6, 6.07) is 0. The Morgan fingerprint density at radius 3 is 3.18 bits per heavy atom. The quantitative estimate of drug-likeness (QED) is 0.616. The molecule has 0 aromatic carbocycles. The molecule has 0 atom stereocenters.